The van der Waals surface area contributed by atoms with Crippen molar-refractivity contribution in [1.82, 2.24) is 25.1 Å². The van der Waals surface area contributed by atoms with Crippen LogP contribution in [0.25, 0.3) is 5.82 Å². The second-order valence-electron chi connectivity index (χ2n) is 8.51. The highest BCUT2D eigenvalue weighted by Crippen LogP contribution is 2.21. The van der Waals surface area contributed by atoms with Gasteiger partial charge in [0, 0.05) is 37.8 Å². The van der Waals surface area contributed by atoms with Crippen LogP contribution in [0.3, 0.4) is 0 Å². The number of benzene rings is 1. The minimum absolute atomic E-state index is 0.0565. The van der Waals surface area contributed by atoms with Gasteiger partial charge in [0.25, 0.3) is 0 Å². The van der Waals surface area contributed by atoms with Crippen LogP contribution in [0.1, 0.15) is 41.8 Å². The molecule has 3 aromatic rings. The van der Waals surface area contributed by atoms with Crippen molar-refractivity contribution < 1.29 is 9.53 Å². The zero-order valence-electron chi connectivity index (χ0n) is 19.6. The summed E-state index contributed by atoms with van der Waals surface area (Å²) >= 11 is 0. The average molecular weight is 449 g/mol. The molecule has 1 amide bonds. The summed E-state index contributed by atoms with van der Waals surface area (Å²) in [7, 11) is 0. The summed E-state index contributed by atoms with van der Waals surface area (Å²) in [5.74, 6) is 1.95. The van der Waals surface area contributed by atoms with Crippen molar-refractivity contribution in [3.05, 3.63) is 65.2 Å². The van der Waals surface area contributed by atoms with Crippen LogP contribution in [0, 0.1) is 13.8 Å². The van der Waals surface area contributed by atoms with E-state index < -0.39 is 0 Å². The minimum atomic E-state index is 0.0565. The van der Waals surface area contributed by atoms with Crippen molar-refractivity contribution in [2.45, 2.75) is 39.5 Å². The van der Waals surface area contributed by atoms with Crippen LogP contribution in [-0.2, 0) is 16.0 Å². The summed E-state index contributed by atoms with van der Waals surface area (Å²) < 4.78 is 7.29. The number of carbonyl (C=O) groups excluding carboxylic acids is 1. The van der Waals surface area contributed by atoms with Gasteiger partial charge in [0.1, 0.15) is 12.1 Å². The molecule has 0 bridgehead atoms. The molecule has 33 heavy (non-hydrogen) atoms. The number of morpholine rings is 1. The zero-order valence-corrected chi connectivity index (χ0v) is 19.6. The highest BCUT2D eigenvalue weighted by atomic mass is 16.5. The number of amides is 1. The first kappa shape index (κ1) is 22.9. The normalized spacial score (nSPS) is 14.8. The molecule has 1 saturated heterocycles. The molecule has 1 fully saturated rings. The number of carbonyl (C=O) groups is 1. The van der Waals surface area contributed by atoms with Crippen LogP contribution in [0.5, 0.6) is 0 Å². The molecule has 0 saturated carbocycles. The number of aromatic nitrogens is 4. The Bertz CT molecular complexity index is 1080. The molecule has 1 aromatic carbocycles. The fourth-order valence-corrected chi connectivity index (χ4v) is 4.17. The summed E-state index contributed by atoms with van der Waals surface area (Å²) in [4.78, 5) is 23.6. The van der Waals surface area contributed by atoms with Gasteiger partial charge in [0.2, 0.25) is 5.91 Å². The Morgan fingerprint density at radius 1 is 1.12 bits per heavy atom. The largest absolute Gasteiger partial charge is 0.378 e. The maximum atomic E-state index is 12.5. The van der Waals surface area contributed by atoms with Gasteiger partial charge < -0.3 is 15.0 Å². The molecule has 2 aromatic heterocycles. The Morgan fingerprint density at radius 3 is 2.61 bits per heavy atom. The summed E-state index contributed by atoms with van der Waals surface area (Å²) in [5.41, 5.74) is 4.24. The Labute approximate surface area is 195 Å². The first-order valence-corrected chi connectivity index (χ1v) is 11.5. The van der Waals surface area contributed by atoms with Crippen LogP contribution in [0.15, 0.2) is 42.7 Å². The van der Waals surface area contributed by atoms with Crippen LogP contribution in [-0.4, -0.2) is 58.5 Å². The van der Waals surface area contributed by atoms with E-state index in [1.807, 2.05) is 42.8 Å². The molecular weight excluding hydrogens is 416 g/mol. The van der Waals surface area contributed by atoms with E-state index >= 15 is 0 Å². The highest BCUT2D eigenvalue weighted by molar-refractivity contribution is 5.76. The number of anilines is 1. The van der Waals surface area contributed by atoms with Crippen LogP contribution in [0.2, 0.25) is 0 Å². The van der Waals surface area contributed by atoms with Gasteiger partial charge in [-0.15, -0.1) is 0 Å². The van der Waals surface area contributed by atoms with Crippen LogP contribution < -0.4 is 10.2 Å². The maximum Gasteiger partial charge on any atom is 0.220 e. The van der Waals surface area contributed by atoms with Crippen LogP contribution in [0.4, 0.5) is 5.82 Å². The number of ether oxygens (including phenoxy) is 1. The predicted octanol–water partition coefficient (Wildman–Crippen LogP) is 2.97. The topological polar surface area (TPSA) is 85.2 Å². The molecule has 8 nitrogen and oxygen atoms in total. The Balaban J connectivity index is 1.38. The van der Waals surface area contributed by atoms with E-state index in [0.717, 1.165) is 41.7 Å². The molecule has 3 heterocycles. The number of hydrogen-bond donors (Lipinski definition) is 1. The van der Waals surface area contributed by atoms with E-state index in [9.17, 15) is 4.79 Å². The maximum absolute atomic E-state index is 12.5. The number of rotatable bonds is 8. The van der Waals surface area contributed by atoms with E-state index in [1.165, 1.54) is 5.56 Å². The summed E-state index contributed by atoms with van der Waals surface area (Å²) in [6.07, 6.45) is 2.65. The molecule has 1 atom stereocenters. The SMILES string of the molecule is Cc1nn(-c2cc(N3CCOCC3)ncn2)c(C)c1CCC(=O)NCC(C)c1ccccc1. The van der Waals surface area contributed by atoms with Crippen molar-refractivity contribution in [2.24, 2.45) is 0 Å². The van der Waals surface area contributed by atoms with Crippen molar-refractivity contribution in [3.63, 3.8) is 0 Å². The molecule has 0 spiro atoms. The first-order chi connectivity index (χ1) is 16.0. The van der Waals surface area contributed by atoms with Gasteiger partial charge in [-0.05, 0) is 37.3 Å². The fourth-order valence-electron chi connectivity index (χ4n) is 4.17. The highest BCUT2D eigenvalue weighted by Gasteiger charge is 2.18. The van der Waals surface area contributed by atoms with E-state index in [1.54, 1.807) is 6.33 Å². The first-order valence-electron chi connectivity index (χ1n) is 11.5. The second kappa shape index (κ2) is 10.6. The molecule has 1 N–H and O–H groups in total. The smallest absolute Gasteiger partial charge is 0.220 e. The van der Waals surface area contributed by atoms with Gasteiger partial charge in [0.05, 0.1) is 18.9 Å². The lowest BCUT2D eigenvalue weighted by Gasteiger charge is -2.27. The van der Waals surface area contributed by atoms with Gasteiger partial charge in [0.15, 0.2) is 5.82 Å². The van der Waals surface area contributed by atoms with E-state index in [0.29, 0.717) is 32.6 Å². The summed E-state index contributed by atoms with van der Waals surface area (Å²) in [5, 5.41) is 7.78. The molecular formula is C25H32N6O2. The number of aryl methyl sites for hydroxylation is 1. The summed E-state index contributed by atoms with van der Waals surface area (Å²) in [6.45, 7) is 9.81. The van der Waals surface area contributed by atoms with Crippen molar-refractivity contribution in [2.75, 3.05) is 37.7 Å². The lowest BCUT2D eigenvalue weighted by Crippen LogP contribution is -2.36. The minimum Gasteiger partial charge on any atom is -0.378 e. The van der Waals surface area contributed by atoms with E-state index in [2.05, 4.69) is 39.2 Å². The third-order valence-electron chi connectivity index (χ3n) is 6.21. The lowest BCUT2D eigenvalue weighted by molar-refractivity contribution is -0.121. The predicted molar refractivity (Wildman–Crippen MR) is 128 cm³/mol. The van der Waals surface area contributed by atoms with Gasteiger partial charge in [-0.3, -0.25) is 4.79 Å². The number of nitrogens with zero attached hydrogens (tertiary/aromatic N) is 5. The standard InChI is InChI=1S/C25H32N6O2/c1-18(21-7-5-4-6-8-21)16-26-25(32)10-9-22-19(2)29-31(20(22)3)24-15-23(27-17-28-24)30-11-13-33-14-12-30/h4-8,15,17-18H,9-14,16H2,1-3H3,(H,26,32). The lowest BCUT2D eigenvalue weighted by atomic mass is 10.0. The van der Waals surface area contributed by atoms with Crippen molar-refractivity contribution in [1.29, 1.82) is 0 Å². The molecule has 8 heteroatoms. The molecule has 1 aliphatic heterocycles. The third kappa shape index (κ3) is 5.57. The number of hydrogen-bond acceptors (Lipinski definition) is 6. The van der Waals surface area contributed by atoms with Crippen molar-refractivity contribution >= 4 is 11.7 Å². The Morgan fingerprint density at radius 2 is 1.85 bits per heavy atom. The fraction of sp³-hybridized carbons (Fsp3) is 0.440. The number of nitrogens with one attached hydrogen (secondary N) is 1. The molecule has 4 rings (SSSR count). The van der Waals surface area contributed by atoms with Crippen LogP contribution >= 0.6 is 0 Å². The third-order valence-corrected chi connectivity index (χ3v) is 6.21. The van der Waals surface area contributed by atoms with Gasteiger partial charge in [-0.2, -0.15) is 5.10 Å². The monoisotopic (exact) mass is 448 g/mol. The van der Waals surface area contributed by atoms with Gasteiger partial charge in [-0.1, -0.05) is 37.3 Å². The van der Waals surface area contributed by atoms with Crippen molar-refractivity contribution in [3.8, 4) is 5.82 Å². The van der Waals surface area contributed by atoms with E-state index in [-0.39, 0.29) is 11.8 Å². The average Bonchev–Trinajstić information content (AvgIpc) is 3.15. The quantitative estimate of drug-likeness (QED) is 0.570. The van der Waals surface area contributed by atoms with Gasteiger partial charge >= 0.3 is 0 Å². The second-order valence-corrected chi connectivity index (χ2v) is 8.51. The van der Waals surface area contributed by atoms with Gasteiger partial charge in [-0.25, -0.2) is 14.6 Å². The summed E-state index contributed by atoms with van der Waals surface area (Å²) in [6, 6.07) is 12.2. The molecule has 1 unspecified atom stereocenters. The van der Waals surface area contributed by atoms with E-state index in [4.69, 9.17) is 9.84 Å². The Hall–Kier alpha value is -3.26. The molecule has 174 valence electrons. The molecule has 0 radical (unpaired) electrons. The molecule has 1 aliphatic rings. The molecule has 0 aliphatic carbocycles. The zero-order chi connectivity index (χ0) is 23.2. The Kier molecular flexibility index (Phi) is 7.34.